The van der Waals surface area contributed by atoms with E-state index in [1.807, 2.05) is 6.92 Å². The second-order valence-corrected chi connectivity index (χ2v) is 4.39. The molecule has 0 amide bonds. The Balaban J connectivity index is 2.07. The molecule has 5 nitrogen and oxygen atoms in total. The Morgan fingerprint density at radius 1 is 1.56 bits per heavy atom. The summed E-state index contributed by atoms with van der Waals surface area (Å²) in [7, 11) is 1.66. The van der Waals surface area contributed by atoms with Gasteiger partial charge in [-0.05, 0) is 25.7 Å². The smallest absolute Gasteiger partial charge is 0.229 e. The fourth-order valence-corrected chi connectivity index (χ4v) is 2.24. The Hall–Kier alpha value is -0.940. The highest BCUT2D eigenvalue weighted by atomic mass is 16.5. The zero-order valence-electron chi connectivity index (χ0n) is 9.85. The SMILES string of the molecule is CCC(OC)c1noc(C2CCC(N)C2)n1. The van der Waals surface area contributed by atoms with Gasteiger partial charge < -0.3 is 15.0 Å². The third-order valence-electron chi connectivity index (χ3n) is 3.22. The van der Waals surface area contributed by atoms with Crippen LogP contribution in [0.15, 0.2) is 4.52 Å². The summed E-state index contributed by atoms with van der Waals surface area (Å²) in [5, 5.41) is 3.98. The van der Waals surface area contributed by atoms with Gasteiger partial charge >= 0.3 is 0 Å². The van der Waals surface area contributed by atoms with Gasteiger partial charge in [0.2, 0.25) is 11.7 Å². The number of hydrogen-bond acceptors (Lipinski definition) is 5. The number of ether oxygens (including phenoxy) is 1. The first kappa shape index (κ1) is 11.5. The Bertz CT molecular complexity index is 336. The summed E-state index contributed by atoms with van der Waals surface area (Å²) < 4.78 is 10.6. The maximum atomic E-state index is 5.87. The van der Waals surface area contributed by atoms with Crippen LogP contribution >= 0.6 is 0 Å². The van der Waals surface area contributed by atoms with E-state index in [-0.39, 0.29) is 12.1 Å². The number of nitrogens with two attached hydrogens (primary N) is 1. The molecule has 1 aliphatic carbocycles. The largest absolute Gasteiger partial charge is 0.373 e. The van der Waals surface area contributed by atoms with Gasteiger partial charge in [-0.3, -0.25) is 0 Å². The molecule has 3 unspecified atom stereocenters. The molecule has 3 atom stereocenters. The molecule has 0 saturated heterocycles. The highest BCUT2D eigenvalue weighted by Crippen LogP contribution is 2.33. The monoisotopic (exact) mass is 225 g/mol. The van der Waals surface area contributed by atoms with Crippen molar-refractivity contribution in [3.05, 3.63) is 11.7 Å². The van der Waals surface area contributed by atoms with E-state index in [0.29, 0.717) is 11.7 Å². The van der Waals surface area contributed by atoms with Gasteiger partial charge in [-0.15, -0.1) is 0 Å². The molecular weight excluding hydrogens is 206 g/mol. The molecule has 2 rings (SSSR count). The van der Waals surface area contributed by atoms with Crippen LogP contribution in [0.3, 0.4) is 0 Å². The van der Waals surface area contributed by atoms with Crippen LogP contribution in [-0.2, 0) is 4.74 Å². The van der Waals surface area contributed by atoms with Gasteiger partial charge in [0.25, 0.3) is 0 Å². The van der Waals surface area contributed by atoms with E-state index < -0.39 is 0 Å². The Morgan fingerprint density at radius 2 is 2.38 bits per heavy atom. The van der Waals surface area contributed by atoms with Crippen molar-refractivity contribution in [2.45, 2.75) is 50.7 Å². The quantitative estimate of drug-likeness (QED) is 0.845. The van der Waals surface area contributed by atoms with Crippen LogP contribution in [0.1, 0.15) is 56.3 Å². The average Bonchev–Trinajstić information content (AvgIpc) is 2.89. The molecule has 1 heterocycles. The van der Waals surface area contributed by atoms with Crippen LogP contribution in [0.5, 0.6) is 0 Å². The maximum absolute atomic E-state index is 5.87. The van der Waals surface area contributed by atoms with Gasteiger partial charge in [-0.2, -0.15) is 4.98 Å². The molecule has 90 valence electrons. The molecule has 0 aliphatic heterocycles. The first-order chi connectivity index (χ1) is 7.74. The van der Waals surface area contributed by atoms with Crippen molar-refractivity contribution in [1.82, 2.24) is 10.1 Å². The van der Waals surface area contributed by atoms with Crippen molar-refractivity contribution in [3.63, 3.8) is 0 Å². The van der Waals surface area contributed by atoms with E-state index in [1.54, 1.807) is 7.11 Å². The topological polar surface area (TPSA) is 74.2 Å². The predicted octanol–water partition coefficient (Wildman–Crippen LogP) is 1.76. The van der Waals surface area contributed by atoms with Crippen LogP contribution in [0, 0.1) is 0 Å². The molecular formula is C11H19N3O2. The van der Waals surface area contributed by atoms with Crippen molar-refractivity contribution >= 4 is 0 Å². The number of rotatable bonds is 4. The van der Waals surface area contributed by atoms with Crippen LogP contribution in [-0.4, -0.2) is 23.3 Å². The molecule has 1 saturated carbocycles. The van der Waals surface area contributed by atoms with E-state index in [2.05, 4.69) is 10.1 Å². The predicted molar refractivity (Wildman–Crippen MR) is 58.9 cm³/mol. The average molecular weight is 225 g/mol. The van der Waals surface area contributed by atoms with Gasteiger partial charge in [0.1, 0.15) is 6.10 Å². The number of aromatic nitrogens is 2. The molecule has 16 heavy (non-hydrogen) atoms. The second kappa shape index (κ2) is 4.93. The van der Waals surface area contributed by atoms with Gasteiger partial charge in [0, 0.05) is 19.1 Å². The van der Waals surface area contributed by atoms with Gasteiger partial charge in [0.15, 0.2) is 0 Å². The van der Waals surface area contributed by atoms with E-state index in [1.165, 1.54) is 0 Å². The zero-order chi connectivity index (χ0) is 11.5. The number of methoxy groups -OCH3 is 1. The minimum atomic E-state index is -0.0624. The normalized spacial score (nSPS) is 27.2. The summed E-state index contributed by atoms with van der Waals surface area (Å²) in [4.78, 5) is 4.41. The van der Waals surface area contributed by atoms with Gasteiger partial charge in [0.05, 0.1) is 0 Å². The molecule has 0 spiro atoms. The highest BCUT2D eigenvalue weighted by Gasteiger charge is 2.28. The van der Waals surface area contributed by atoms with Gasteiger partial charge in [-0.25, -0.2) is 0 Å². The second-order valence-electron chi connectivity index (χ2n) is 4.39. The summed E-state index contributed by atoms with van der Waals surface area (Å²) in [5.41, 5.74) is 5.87. The number of nitrogens with zero attached hydrogens (tertiary/aromatic N) is 2. The van der Waals surface area contributed by atoms with Crippen LogP contribution in [0.4, 0.5) is 0 Å². The first-order valence-electron chi connectivity index (χ1n) is 5.86. The van der Waals surface area contributed by atoms with Crippen molar-refractivity contribution < 1.29 is 9.26 Å². The maximum Gasteiger partial charge on any atom is 0.229 e. The van der Waals surface area contributed by atoms with Crippen LogP contribution < -0.4 is 5.73 Å². The Morgan fingerprint density at radius 3 is 2.94 bits per heavy atom. The van der Waals surface area contributed by atoms with Crippen LogP contribution in [0.2, 0.25) is 0 Å². The molecule has 1 aliphatic rings. The molecule has 1 aromatic rings. The highest BCUT2D eigenvalue weighted by molar-refractivity contribution is 5.00. The summed E-state index contributed by atoms with van der Waals surface area (Å²) in [6, 6.07) is 0.282. The lowest BCUT2D eigenvalue weighted by Gasteiger charge is -2.06. The number of hydrogen-bond donors (Lipinski definition) is 1. The summed E-state index contributed by atoms with van der Waals surface area (Å²) in [6.07, 6.45) is 3.83. The fraction of sp³-hybridized carbons (Fsp3) is 0.818. The zero-order valence-corrected chi connectivity index (χ0v) is 9.85. The fourth-order valence-electron chi connectivity index (χ4n) is 2.24. The summed E-state index contributed by atoms with van der Waals surface area (Å²) >= 11 is 0. The van der Waals surface area contributed by atoms with Crippen molar-refractivity contribution in [2.75, 3.05) is 7.11 Å². The van der Waals surface area contributed by atoms with Crippen LogP contribution in [0.25, 0.3) is 0 Å². The molecule has 1 aromatic heterocycles. The van der Waals surface area contributed by atoms with E-state index in [4.69, 9.17) is 15.0 Å². The summed E-state index contributed by atoms with van der Waals surface area (Å²) in [5.74, 6) is 1.71. The molecule has 0 radical (unpaired) electrons. The van der Waals surface area contributed by atoms with Crippen molar-refractivity contribution in [2.24, 2.45) is 5.73 Å². The van der Waals surface area contributed by atoms with Crippen molar-refractivity contribution in [1.29, 1.82) is 0 Å². The van der Waals surface area contributed by atoms with E-state index >= 15 is 0 Å². The van der Waals surface area contributed by atoms with Gasteiger partial charge in [-0.1, -0.05) is 12.1 Å². The Labute approximate surface area is 95.3 Å². The first-order valence-corrected chi connectivity index (χ1v) is 5.86. The van der Waals surface area contributed by atoms with E-state index in [0.717, 1.165) is 31.6 Å². The third-order valence-corrected chi connectivity index (χ3v) is 3.22. The lowest BCUT2D eigenvalue weighted by Crippen LogP contribution is -2.14. The standard InChI is InChI=1S/C11H19N3O2/c1-3-9(15-2)10-13-11(16-14-10)7-4-5-8(12)6-7/h7-9H,3-6,12H2,1-2H3. The molecule has 1 fully saturated rings. The molecule has 0 bridgehead atoms. The minimum absolute atomic E-state index is 0.0624. The molecule has 2 N–H and O–H groups in total. The molecule has 5 heteroatoms. The lowest BCUT2D eigenvalue weighted by molar-refractivity contribution is 0.0903. The molecule has 0 aromatic carbocycles. The lowest BCUT2D eigenvalue weighted by atomic mass is 10.1. The Kier molecular flexibility index (Phi) is 3.56. The third kappa shape index (κ3) is 2.25. The minimum Gasteiger partial charge on any atom is -0.373 e. The van der Waals surface area contributed by atoms with E-state index in [9.17, 15) is 0 Å². The summed E-state index contributed by atoms with van der Waals surface area (Å²) in [6.45, 7) is 2.04. The van der Waals surface area contributed by atoms with Crippen molar-refractivity contribution in [3.8, 4) is 0 Å².